The van der Waals surface area contributed by atoms with Gasteiger partial charge in [0.1, 0.15) is 10.7 Å². The Labute approximate surface area is 85.8 Å². The van der Waals surface area contributed by atoms with E-state index >= 15 is 0 Å². The first-order chi connectivity index (χ1) is 6.07. The van der Waals surface area contributed by atoms with Gasteiger partial charge in [0.2, 0.25) is 0 Å². The van der Waals surface area contributed by atoms with Crippen LogP contribution in [-0.4, -0.2) is 36.7 Å². The first kappa shape index (κ1) is 10.3. The Morgan fingerprint density at radius 1 is 1.77 bits per heavy atom. The van der Waals surface area contributed by atoms with E-state index in [4.69, 9.17) is 23.2 Å². The van der Waals surface area contributed by atoms with Crippen LogP contribution in [0.15, 0.2) is 15.8 Å². The number of carbonyl (C=O) groups excluding carboxylic acids is 1. The molecule has 6 heteroatoms. The molecule has 0 saturated carbocycles. The molecule has 1 aliphatic rings. The van der Waals surface area contributed by atoms with Crippen molar-refractivity contribution in [2.24, 2.45) is 4.99 Å². The highest BCUT2D eigenvalue weighted by atomic mass is 35.5. The van der Waals surface area contributed by atoms with E-state index in [1.807, 2.05) is 0 Å². The molecule has 72 valence electrons. The van der Waals surface area contributed by atoms with E-state index in [1.54, 1.807) is 7.05 Å². The summed E-state index contributed by atoms with van der Waals surface area (Å²) in [6.07, 6.45) is 1.42. The monoisotopic (exact) mass is 222 g/mol. The summed E-state index contributed by atoms with van der Waals surface area (Å²) in [6.45, 7) is 0. The van der Waals surface area contributed by atoms with Crippen molar-refractivity contribution in [1.82, 2.24) is 4.90 Å². The third-order valence-corrected chi connectivity index (χ3v) is 2.43. The second-order valence-electron chi connectivity index (χ2n) is 2.39. The van der Waals surface area contributed by atoms with Gasteiger partial charge in [0.25, 0.3) is 0 Å². The lowest BCUT2D eigenvalue weighted by molar-refractivity contribution is -0.136. The zero-order chi connectivity index (χ0) is 10.0. The number of methoxy groups -OCH3 is 1. The number of nitrogens with zero attached hydrogens (tertiary/aromatic N) is 2. The average Bonchev–Trinajstić information content (AvgIpc) is 2.13. The zero-order valence-corrected chi connectivity index (χ0v) is 8.63. The van der Waals surface area contributed by atoms with E-state index in [9.17, 15) is 4.79 Å². The number of halogens is 2. The molecule has 0 spiro atoms. The Kier molecular flexibility index (Phi) is 3.17. The smallest absolute Gasteiger partial charge is 0.359 e. The molecule has 0 aliphatic carbocycles. The van der Waals surface area contributed by atoms with Gasteiger partial charge >= 0.3 is 5.97 Å². The van der Waals surface area contributed by atoms with Crippen molar-refractivity contribution in [2.45, 2.75) is 5.50 Å². The maximum Gasteiger partial charge on any atom is 0.359 e. The van der Waals surface area contributed by atoms with E-state index in [0.29, 0.717) is 0 Å². The molecule has 0 aromatic heterocycles. The van der Waals surface area contributed by atoms with Gasteiger partial charge in [0.05, 0.1) is 7.11 Å². The maximum atomic E-state index is 11.1. The molecule has 1 atom stereocenters. The third kappa shape index (κ3) is 1.95. The molecule has 1 aliphatic heterocycles. The molecule has 0 bridgehead atoms. The molecule has 0 N–H and O–H groups in total. The van der Waals surface area contributed by atoms with E-state index < -0.39 is 11.5 Å². The highest BCUT2D eigenvalue weighted by Crippen LogP contribution is 2.23. The summed E-state index contributed by atoms with van der Waals surface area (Å²) in [4.78, 5) is 16.4. The summed E-state index contributed by atoms with van der Waals surface area (Å²) in [5.41, 5.74) is -0.357. The highest BCUT2D eigenvalue weighted by Gasteiger charge is 2.24. The lowest BCUT2D eigenvalue weighted by Gasteiger charge is -2.25. The van der Waals surface area contributed by atoms with Crippen LogP contribution in [0.2, 0.25) is 0 Å². The summed E-state index contributed by atoms with van der Waals surface area (Å²) in [5, 5.41) is 0.189. The number of hydrogen-bond donors (Lipinski definition) is 0. The minimum atomic E-state index is -0.573. The Hall–Kier alpha value is -0.740. The molecule has 0 aromatic rings. The largest absolute Gasteiger partial charge is 0.464 e. The van der Waals surface area contributed by atoms with Crippen molar-refractivity contribution in [3.05, 3.63) is 10.9 Å². The van der Waals surface area contributed by atoms with Gasteiger partial charge in [-0.25, -0.2) is 9.79 Å². The molecule has 0 aromatic carbocycles. The number of rotatable bonds is 1. The molecule has 1 rings (SSSR count). The fourth-order valence-electron chi connectivity index (χ4n) is 0.798. The van der Waals surface area contributed by atoms with Crippen molar-refractivity contribution >= 4 is 35.4 Å². The average molecular weight is 223 g/mol. The SMILES string of the molecule is COC(=O)C1=C(Cl)N(C)C(Cl)C=N1. The normalized spacial score (nSPS) is 22.2. The number of hydrogen-bond acceptors (Lipinski definition) is 4. The first-order valence-electron chi connectivity index (χ1n) is 3.47. The fraction of sp³-hybridized carbons (Fsp3) is 0.429. The van der Waals surface area contributed by atoms with Gasteiger partial charge < -0.3 is 9.64 Å². The van der Waals surface area contributed by atoms with Gasteiger partial charge in [0, 0.05) is 13.3 Å². The van der Waals surface area contributed by atoms with E-state index in [-0.39, 0.29) is 10.9 Å². The van der Waals surface area contributed by atoms with Crippen LogP contribution in [0.3, 0.4) is 0 Å². The van der Waals surface area contributed by atoms with Crippen molar-refractivity contribution in [3.8, 4) is 0 Å². The second kappa shape index (κ2) is 3.98. The van der Waals surface area contributed by atoms with Crippen LogP contribution in [0.1, 0.15) is 0 Å². The van der Waals surface area contributed by atoms with Gasteiger partial charge in [-0.2, -0.15) is 0 Å². The summed E-state index contributed by atoms with van der Waals surface area (Å²) < 4.78 is 4.48. The summed E-state index contributed by atoms with van der Waals surface area (Å²) in [7, 11) is 2.93. The summed E-state index contributed by atoms with van der Waals surface area (Å²) in [6, 6.07) is 0. The van der Waals surface area contributed by atoms with E-state index in [0.717, 1.165) is 0 Å². The van der Waals surface area contributed by atoms with Gasteiger partial charge in [-0.1, -0.05) is 23.2 Å². The minimum absolute atomic E-state index is 0.0727. The van der Waals surface area contributed by atoms with Crippen LogP contribution in [0, 0.1) is 0 Å². The van der Waals surface area contributed by atoms with Crippen LogP contribution in [0.5, 0.6) is 0 Å². The van der Waals surface area contributed by atoms with E-state index in [2.05, 4.69) is 9.73 Å². The quantitative estimate of drug-likeness (QED) is 0.380. The predicted octanol–water partition coefficient (Wildman–Crippen LogP) is 1.15. The topological polar surface area (TPSA) is 41.9 Å². The number of alkyl halides is 1. The number of carbonyl (C=O) groups is 1. The van der Waals surface area contributed by atoms with Crippen molar-refractivity contribution in [3.63, 3.8) is 0 Å². The van der Waals surface area contributed by atoms with Crippen molar-refractivity contribution in [1.29, 1.82) is 0 Å². The van der Waals surface area contributed by atoms with Crippen LogP contribution in [-0.2, 0) is 9.53 Å². The Bertz CT molecular complexity index is 288. The summed E-state index contributed by atoms with van der Waals surface area (Å²) in [5.74, 6) is -0.573. The van der Waals surface area contributed by atoms with Gasteiger partial charge in [-0.05, 0) is 0 Å². The van der Waals surface area contributed by atoms with Crippen LogP contribution < -0.4 is 0 Å². The Balaban J connectivity index is 2.97. The molecular weight excluding hydrogens is 215 g/mol. The lowest BCUT2D eigenvalue weighted by atomic mass is 10.4. The molecule has 13 heavy (non-hydrogen) atoms. The fourth-order valence-corrected chi connectivity index (χ4v) is 1.23. The lowest BCUT2D eigenvalue weighted by Crippen LogP contribution is -2.31. The van der Waals surface area contributed by atoms with Crippen molar-refractivity contribution in [2.75, 3.05) is 14.2 Å². The molecule has 1 heterocycles. The summed E-state index contributed by atoms with van der Waals surface area (Å²) >= 11 is 11.6. The minimum Gasteiger partial charge on any atom is -0.464 e. The third-order valence-electron chi connectivity index (χ3n) is 1.58. The maximum absolute atomic E-state index is 11.1. The zero-order valence-electron chi connectivity index (χ0n) is 7.12. The number of ether oxygens (including phenoxy) is 1. The number of aliphatic imine (C=N–C) groups is 1. The van der Waals surface area contributed by atoms with Gasteiger partial charge in [0.15, 0.2) is 5.70 Å². The molecule has 0 fully saturated rings. The molecular formula is C7H8Cl2N2O2. The van der Waals surface area contributed by atoms with Crippen LogP contribution in [0.25, 0.3) is 0 Å². The van der Waals surface area contributed by atoms with Crippen molar-refractivity contribution < 1.29 is 9.53 Å². The van der Waals surface area contributed by atoms with Crippen LogP contribution >= 0.6 is 23.2 Å². The first-order valence-corrected chi connectivity index (χ1v) is 4.28. The standard InChI is InChI=1S/C7H8Cl2N2O2/c1-11-4(8)3-10-5(6(11)9)7(12)13-2/h3-4H,1-2H3. The molecule has 0 saturated heterocycles. The number of esters is 1. The van der Waals surface area contributed by atoms with E-state index in [1.165, 1.54) is 18.2 Å². The highest BCUT2D eigenvalue weighted by molar-refractivity contribution is 6.34. The Morgan fingerprint density at radius 2 is 2.38 bits per heavy atom. The molecule has 1 unspecified atom stereocenters. The predicted molar refractivity (Wildman–Crippen MR) is 50.8 cm³/mol. The molecule has 0 amide bonds. The van der Waals surface area contributed by atoms with Gasteiger partial charge in [-0.3, -0.25) is 0 Å². The second-order valence-corrected chi connectivity index (χ2v) is 3.20. The Morgan fingerprint density at radius 3 is 2.92 bits per heavy atom. The van der Waals surface area contributed by atoms with Gasteiger partial charge in [-0.15, -0.1) is 0 Å². The molecule has 4 nitrogen and oxygen atoms in total. The van der Waals surface area contributed by atoms with Crippen LogP contribution in [0.4, 0.5) is 0 Å². The molecule has 0 radical (unpaired) electrons.